The molecule has 0 spiro atoms. The van der Waals surface area contributed by atoms with Gasteiger partial charge in [0, 0.05) is 25.3 Å². The maximum absolute atomic E-state index is 12.0. The molecule has 1 rings (SSSR count). The van der Waals surface area contributed by atoms with E-state index < -0.39 is 31.3 Å². The molecule has 6 heteroatoms. The molecule has 1 amide bonds. The van der Waals surface area contributed by atoms with Crippen molar-refractivity contribution in [3.05, 3.63) is 29.8 Å². The smallest absolute Gasteiger partial charge is 0.251 e. The molecule has 0 aliphatic rings. The molecule has 0 heterocycles. The highest BCUT2D eigenvalue weighted by atomic mass is 16.3. The normalized spacial score (nSPS) is 11.2. The number of carbonyl (C=O) groups excluding carboxylic acids is 1. The fourth-order valence-corrected chi connectivity index (χ4v) is 1.49. The fourth-order valence-electron chi connectivity index (χ4n) is 1.49. The monoisotopic (exact) mass is 268 g/mol. The Kier molecular flexibility index (Phi) is 5.29. The zero-order chi connectivity index (χ0) is 14.5. The average Bonchev–Trinajstić information content (AvgIpc) is 2.45. The molecule has 1 aromatic carbocycles. The number of nitrogens with one attached hydrogen (secondary N) is 1. The van der Waals surface area contributed by atoms with Crippen molar-refractivity contribution in [3.8, 4) is 0 Å². The zero-order valence-corrected chi connectivity index (χ0v) is 11.1. The van der Waals surface area contributed by atoms with E-state index in [2.05, 4.69) is 5.32 Å². The third-order valence-electron chi connectivity index (χ3n) is 2.93. The number of nitrogens with zero attached hydrogens (tertiary/aromatic N) is 1. The molecule has 0 aliphatic carbocycles. The first kappa shape index (κ1) is 15.4. The van der Waals surface area contributed by atoms with Crippen LogP contribution in [-0.2, 0) is 0 Å². The lowest BCUT2D eigenvalue weighted by atomic mass is 10.0. The number of hydrogen-bond acceptors (Lipinski definition) is 5. The third-order valence-corrected chi connectivity index (χ3v) is 2.93. The highest BCUT2D eigenvalue weighted by molar-refractivity contribution is 5.95. The second-order valence-electron chi connectivity index (χ2n) is 4.65. The Morgan fingerprint density at radius 1 is 1.11 bits per heavy atom. The van der Waals surface area contributed by atoms with Gasteiger partial charge < -0.3 is 25.5 Å². The van der Waals surface area contributed by atoms with Gasteiger partial charge in [0.15, 0.2) is 0 Å². The standard InChI is InChI=1S/C13H20N2O4/c1-15(2)11-5-3-10(4-6-11)12(19)14-13(7-16,8-17)9-18/h3-6,16-18H,7-9H2,1-2H3,(H,14,19). The maximum atomic E-state index is 12.0. The van der Waals surface area contributed by atoms with E-state index in [1.54, 1.807) is 24.3 Å². The number of aliphatic hydroxyl groups is 3. The highest BCUT2D eigenvalue weighted by Crippen LogP contribution is 2.13. The van der Waals surface area contributed by atoms with E-state index in [1.807, 2.05) is 19.0 Å². The molecular formula is C13H20N2O4. The molecule has 0 saturated heterocycles. The van der Waals surface area contributed by atoms with Gasteiger partial charge in [0.1, 0.15) is 5.54 Å². The van der Waals surface area contributed by atoms with E-state index in [1.165, 1.54) is 0 Å². The molecule has 0 unspecified atom stereocenters. The van der Waals surface area contributed by atoms with Crippen molar-refractivity contribution in [1.29, 1.82) is 0 Å². The average molecular weight is 268 g/mol. The van der Waals surface area contributed by atoms with Crippen LogP contribution in [0.4, 0.5) is 5.69 Å². The van der Waals surface area contributed by atoms with Crippen molar-refractivity contribution in [2.75, 3.05) is 38.8 Å². The van der Waals surface area contributed by atoms with Crippen LogP contribution in [0.2, 0.25) is 0 Å². The van der Waals surface area contributed by atoms with E-state index in [-0.39, 0.29) is 0 Å². The number of amides is 1. The van der Waals surface area contributed by atoms with Gasteiger partial charge >= 0.3 is 0 Å². The Morgan fingerprint density at radius 3 is 1.95 bits per heavy atom. The molecule has 0 aromatic heterocycles. The van der Waals surface area contributed by atoms with Crippen LogP contribution in [0.15, 0.2) is 24.3 Å². The predicted molar refractivity (Wildman–Crippen MR) is 72.2 cm³/mol. The fraction of sp³-hybridized carbons (Fsp3) is 0.462. The predicted octanol–water partition coefficient (Wildman–Crippen LogP) is -0.802. The van der Waals surface area contributed by atoms with Crippen molar-refractivity contribution in [1.82, 2.24) is 5.32 Å². The number of rotatable bonds is 6. The SMILES string of the molecule is CN(C)c1ccc(C(=O)NC(CO)(CO)CO)cc1. The summed E-state index contributed by atoms with van der Waals surface area (Å²) in [5, 5.41) is 29.9. The Labute approximate surface area is 112 Å². The van der Waals surface area contributed by atoms with Gasteiger partial charge in [0.2, 0.25) is 0 Å². The summed E-state index contributed by atoms with van der Waals surface area (Å²) in [5.74, 6) is -0.456. The molecule has 1 aromatic rings. The molecule has 0 saturated carbocycles. The number of anilines is 1. The molecule has 0 atom stereocenters. The van der Waals surface area contributed by atoms with Gasteiger partial charge in [0.25, 0.3) is 5.91 Å². The zero-order valence-electron chi connectivity index (χ0n) is 11.1. The van der Waals surface area contributed by atoms with Gasteiger partial charge in [-0.1, -0.05) is 0 Å². The molecule has 0 radical (unpaired) electrons. The van der Waals surface area contributed by atoms with E-state index in [0.717, 1.165) is 5.69 Å². The summed E-state index contributed by atoms with van der Waals surface area (Å²) in [4.78, 5) is 13.9. The van der Waals surface area contributed by atoms with Gasteiger partial charge in [-0.05, 0) is 24.3 Å². The minimum absolute atomic E-state index is 0.394. The summed E-state index contributed by atoms with van der Waals surface area (Å²) in [6.07, 6.45) is 0. The van der Waals surface area contributed by atoms with E-state index in [9.17, 15) is 4.79 Å². The van der Waals surface area contributed by atoms with Crippen molar-refractivity contribution >= 4 is 11.6 Å². The van der Waals surface area contributed by atoms with E-state index >= 15 is 0 Å². The van der Waals surface area contributed by atoms with Crippen LogP contribution in [0.1, 0.15) is 10.4 Å². The molecule has 0 aliphatic heterocycles. The summed E-state index contributed by atoms with van der Waals surface area (Å²) >= 11 is 0. The summed E-state index contributed by atoms with van der Waals surface area (Å²) in [7, 11) is 3.78. The van der Waals surface area contributed by atoms with Crippen LogP contribution >= 0.6 is 0 Å². The Balaban J connectivity index is 2.83. The number of carbonyl (C=O) groups is 1. The van der Waals surface area contributed by atoms with Crippen LogP contribution in [-0.4, -0.2) is 60.7 Å². The Hall–Kier alpha value is -1.63. The molecule has 4 N–H and O–H groups in total. The number of benzene rings is 1. The van der Waals surface area contributed by atoms with Gasteiger partial charge in [-0.15, -0.1) is 0 Å². The van der Waals surface area contributed by atoms with E-state index in [0.29, 0.717) is 5.56 Å². The Morgan fingerprint density at radius 2 is 1.58 bits per heavy atom. The summed E-state index contributed by atoms with van der Waals surface area (Å²) in [5.41, 5.74) is -0.0586. The second-order valence-corrected chi connectivity index (χ2v) is 4.65. The van der Waals surface area contributed by atoms with Gasteiger partial charge in [-0.25, -0.2) is 0 Å². The lowest BCUT2D eigenvalue weighted by Crippen LogP contribution is -2.57. The first-order valence-corrected chi connectivity index (χ1v) is 5.90. The van der Waals surface area contributed by atoms with Crippen molar-refractivity contribution < 1.29 is 20.1 Å². The lowest BCUT2D eigenvalue weighted by Gasteiger charge is -2.28. The topological polar surface area (TPSA) is 93.0 Å². The first-order chi connectivity index (χ1) is 8.98. The summed E-state index contributed by atoms with van der Waals surface area (Å²) in [6.45, 7) is -1.62. The molecule has 19 heavy (non-hydrogen) atoms. The number of aliphatic hydroxyl groups excluding tert-OH is 3. The summed E-state index contributed by atoms with van der Waals surface area (Å²) in [6, 6.07) is 6.85. The molecular weight excluding hydrogens is 248 g/mol. The highest BCUT2D eigenvalue weighted by Gasteiger charge is 2.30. The van der Waals surface area contributed by atoms with Crippen LogP contribution < -0.4 is 10.2 Å². The second kappa shape index (κ2) is 6.51. The largest absolute Gasteiger partial charge is 0.394 e. The van der Waals surface area contributed by atoms with Gasteiger partial charge in [0.05, 0.1) is 19.8 Å². The molecule has 106 valence electrons. The van der Waals surface area contributed by atoms with Crippen LogP contribution in [0.5, 0.6) is 0 Å². The maximum Gasteiger partial charge on any atom is 0.251 e. The van der Waals surface area contributed by atoms with Gasteiger partial charge in [-0.3, -0.25) is 4.79 Å². The van der Waals surface area contributed by atoms with Crippen molar-refractivity contribution in [3.63, 3.8) is 0 Å². The first-order valence-electron chi connectivity index (χ1n) is 5.90. The minimum atomic E-state index is -1.41. The van der Waals surface area contributed by atoms with Crippen LogP contribution in [0.25, 0.3) is 0 Å². The minimum Gasteiger partial charge on any atom is -0.394 e. The quantitative estimate of drug-likeness (QED) is 0.542. The van der Waals surface area contributed by atoms with Gasteiger partial charge in [-0.2, -0.15) is 0 Å². The third kappa shape index (κ3) is 3.66. The molecule has 6 nitrogen and oxygen atoms in total. The van der Waals surface area contributed by atoms with Crippen molar-refractivity contribution in [2.24, 2.45) is 0 Å². The molecule has 0 fully saturated rings. The lowest BCUT2D eigenvalue weighted by molar-refractivity contribution is 0.0375. The van der Waals surface area contributed by atoms with Crippen LogP contribution in [0, 0.1) is 0 Å². The van der Waals surface area contributed by atoms with Crippen LogP contribution in [0.3, 0.4) is 0 Å². The number of hydrogen-bond donors (Lipinski definition) is 4. The van der Waals surface area contributed by atoms with Crippen molar-refractivity contribution in [2.45, 2.75) is 5.54 Å². The van der Waals surface area contributed by atoms with E-state index in [4.69, 9.17) is 15.3 Å². The molecule has 0 bridgehead atoms. The Bertz CT molecular complexity index is 405. The summed E-state index contributed by atoms with van der Waals surface area (Å²) < 4.78 is 0.